The van der Waals surface area contributed by atoms with E-state index in [9.17, 15) is 4.79 Å². The number of benzene rings is 3. The summed E-state index contributed by atoms with van der Waals surface area (Å²) >= 11 is 0. The molecule has 28 heavy (non-hydrogen) atoms. The van der Waals surface area contributed by atoms with Crippen molar-refractivity contribution in [1.29, 1.82) is 0 Å². The van der Waals surface area contributed by atoms with E-state index in [1.165, 1.54) is 11.1 Å². The van der Waals surface area contributed by atoms with Crippen LogP contribution in [-0.2, 0) is 24.3 Å². The number of rotatable bonds is 9. The first-order valence-corrected chi connectivity index (χ1v) is 9.61. The van der Waals surface area contributed by atoms with Gasteiger partial charge in [0.1, 0.15) is 5.78 Å². The van der Waals surface area contributed by atoms with Crippen LogP contribution in [0.1, 0.15) is 30.0 Å². The van der Waals surface area contributed by atoms with Crippen LogP contribution in [0.4, 0.5) is 0 Å². The summed E-state index contributed by atoms with van der Waals surface area (Å²) in [5.74, 6) is 0.187. The zero-order chi connectivity index (χ0) is 19.6. The van der Waals surface area contributed by atoms with E-state index in [-0.39, 0.29) is 5.78 Å². The number of nitrogens with zero attached hydrogens (tertiary/aromatic N) is 2. The molecule has 0 N–H and O–H groups in total. The van der Waals surface area contributed by atoms with Gasteiger partial charge in [-0.15, -0.1) is 0 Å². The predicted octanol–water partition coefficient (Wildman–Crippen LogP) is 5.27. The molecule has 0 amide bonds. The number of ketones is 1. The average molecular weight is 370 g/mol. The van der Waals surface area contributed by atoms with Crippen LogP contribution in [-0.4, -0.2) is 16.5 Å². The van der Waals surface area contributed by atoms with Crippen molar-refractivity contribution < 1.29 is 4.79 Å². The second-order valence-corrected chi connectivity index (χ2v) is 7.01. The van der Waals surface area contributed by atoms with Crippen LogP contribution in [0.5, 0.6) is 0 Å². The van der Waals surface area contributed by atoms with Gasteiger partial charge in [-0.25, -0.2) is 0 Å². The zero-order valence-electron chi connectivity index (χ0n) is 16.3. The molecule has 0 radical (unpaired) electrons. The molecule has 0 bridgehead atoms. The lowest BCUT2D eigenvalue weighted by atomic mass is 10.1. The fourth-order valence-electron chi connectivity index (χ4n) is 3.16. The highest BCUT2D eigenvalue weighted by atomic mass is 16.1. The van der Waals surface area contributed by atoms with Gasteiger partial charge in [0.15, 0.2) is 0 Å². The third kappa shape index (κ3) is 6.51. The molecule has 0 unspecified atom stereocenters. The van der Waals surface area contributed by atoms with Crippen molar-refractivity contribution in [2.24, 2.45) is 5.10 Å². The molecule has 0 aliphatic heterocycles. The monoisotopic (exact) mass is 370 g/mol. The van der Waals surface area contributed by atoms with E-state index >= 15 is 0 Å². The predicted molar refractivity (Wildman–Crippen MR) is 115 cm³/mol. The Hall–Kier alpha value is -3.20. The minimum atomic E-state index is 0.187. The number of Topliss-reactive ketones (excluding diaryl/α,β-unsaturated/α-hetero) is 1. The summed E-state index contributed by atoms with van der Waals surface area (Å²) in [5.41, 5.74) is 4.29. The molecule has 3 rings (SSSR count). The number of hydrogen-bond donors (Lipinski definition) is 0. The Labute approximate surface area is 167 Å². The molecule has 0 saturated heterocycles. The van der Waals surface area contributed by atoms with Gasteiger partial charge in [-0.2, -0.15) is 5.10 Å². The molecule has 0 atom stereocenters. The van der Waals surface area contributed by atoms with E-state index in [0.717, 1.165) is 11.3 Å². The minimum Gasteiger partial charge on any atom is -0.299 e. The Balaban J connectivity index is 1.68. The lowest BCUT2D eigenvalue weighted by Gasteiger charge is -2.21. The molecule has 0 spiro atoms. The fraction of sp³-hybridized carbons (Fsp3) is 0.200. The first-order chi connectivity index (χ1) is 13.7. The quantitative estimate of drug-likeness (QED) is 0.380. The second kappa shape index (κ2) is 10.2. The van der Waals surface area contributed by atoms with Crippen LogP contribution in [0.3, 0.4) is 0 Å². The standard InChI is InChI=1S/C25H26N2O/c1-21(17-25(28)18-22-11-5-2-6-12-22)26-27(19-23-13-7-3-8-14-23)20-24-15-9-4-10-16-24/h2-16H,17-20H2,1H3. The van der Waals surface area contributed by atoms with Gasteiger partial charge in [-0.05, 0) is 23.6 Å². The van der Waals surface area contributed by atoms with E-state index in [4.69, 9.17) is 5.10 Å². The maximum Gasteiger partial charge on any atom is 0.142 e. The molecule has 142 valence electrons. The zero-order valence-corrected chi connectivity index (χ0v) is 16.3. The topological polar surface area (TPSA) is 32.7 Å². The first-order valence-electron chi connectivity index (χ1n) is 9.61. The summed E-state index contributed by atoms with van der Waals surface area (Å²) < 4.78 is 0. The summed E-state index contributed by atoms with van der Waals surface area (Å²) in [6, 6.07) is 30.5. The van der Waals surface area contributed by atoms with Gasteiger partial charge in [-0.3, -0.25) is 9.80 Å². The highest BCUT2D eigenvalue weighted by Gasteiger charge is 2.09. The molecular weight excluding hydrogens is 344 g/mol. The van der Waals surface area contributed by atoms with Gasteiger partial charge >= 0.3 is 0 Å². The van der Waals surface area contributed by atoms with Crippen LogP contribution in [0.2, 0.25) is 0 Å². The first kappa shape index (κ1) is 19.6. The Bertz CT molecular complexity index is 848. The van der Waals surface area contributed by atoms with Crippen molar-refractivity contribution in [3.8, 4) is 0 Å². The van der Waals surface area contributed by atoms with E-state index < -0.39 is 0 Å². The van der Waals surface area contributed by atoms with E-state index in [0.29, 0.717) is 25.9 Å². The number of carbonyl (C=O) groups excluding carboxylic acids is 1. The van der Waals surface area contributed by atoms with Gasteiger partial charge in [0.2, 0.25) is 0 Å². The lowest BCUT2D eigenvalue weighted by molar-refractivity contribution is -0.117. The maximum absolute atomic E-state index is 12.4. The van der Waals surface area contributed by atoms with Gasteiger partial charge in [0.25, 0.3) is 0 Å². The van der Waals surface area contributed by atoms with E-state index in [2.05, 4.69) is 24.3 Å². The van der Waals surface area contributed by atoms with E-state index in [1.54, 1.807) is 0 Å². The number of hydrogen-bond acceptors (Lipinski definition) is 3. The Morgan fingerprint density at radius 2 is 1.14 bits per heavy atom. The third-order valence-electron chi connectivity index (χ3n) is 4.43. The van der Waals surface area contributed by atoms with Gasteiger partial charge in [0.05, 0.1) is 13.1 Å². The molecule has 0 aliphatic carbocycles. The minimum absolute atomic E-state index is 0.187. The second-order valence-electron chi connectivity index (χ2n) is 7.01. The molecule has 3 heteroatoms. The van der Waals surface area contributed by atoms with Crippen molar-refractivity contribution in [1.82, 2.24) is 5.01 Å². The Morgan fingerprint density at radius 1 is 0.714 bits per heavy atom. The average Bonchev–Trinajstić information content (AvgIpc) is 2.70. The lowest BCUT2D eigenvalue weighted by Crippen LogP contribution is -2.20. The number of hydrazone groups is 1. The highest BCUT2D eigenvalue weighted by molar-refractivity contribution is 6.01. The van der Waals surface area contributed by atoms with Crippen molar-refractivity contribution >= 4 is 11.5 Å². The Kier molecular flexibility index (Phi) is 7.14. The van der Waals surface area contributed by atoms with Crippen LogP contribution in [0.25, 0.3) is 0 Å². The largest absolute Gasteiger partial charge is 0.299 e. The summed E-state index contributed by atoms with van der Waals surface area (Å²) in [4.78, 5) is 12.4. The highest BCUT2D eigenvalue weighted by Crippen LogP contribution is 2.12. The summed E-state index contributed by atoms with van der Waals surface area (Å²) in [7, 11) is 0. The van der Waals surface area contributed by atoms with Crippen molar-refractivity contribution in [3.05, 3.63) is 108 Å². The summed E-state index contributed by atoms with van der Waals surface area (Å²) in [6.07, 6.45) is 0.819. The molecule has 3 aromatic rings. The van der Waals surface area contributed by atoms with Crippen molar-refractivity contribution in [2.45, 2.75) is 32.9 Å². The molecule has 3 nitrogen and oxygen atoms in total. The molecule has 0 aromatic heterocycles. The van der Waals surface area contributed by atoms with Gasteiger partial charge in [-0.1, -0.05) is 91.0 Å². The summed E-state index contributed by atoms with van der Waals surface area (Å²) in [5, 5.41) is 6.82. The van der Waals surface area contributed by atoms with Crippen LogP contribution < -0.4 is 0 Å². The van der Waals surface area contributed by atoms with Gasteiger partial charge in [0, 0.05) is 18.6 Å². The van der Waals surface area contributed by atoms with Crippen molar-refractivity contribution in [3.63, 3.8) is 0 Å². The SMILES string of the molecule is CC(CC(=O)Cc1ccccc1)=NN(Cc1ccccc1)Cc1ccccc1. The van der Waals surface area contributed by atoms with Crippen LogP contribution in [0.15, 0.2) is 96.1 Å². The third-order valence-corrected chi connectivity index (χ3v) is 4.43. The molecular formula is C25H26N2O. The Morgan fingerprint density at radius 3 is 1.61 bits per heavy atom. The smallest absolute Gasteiger partial charge is 0.142 e. The normalized spacial score (nSPS) is 11.2. The molecule has 0 saturated carbocycles. The maximum atomic E-state index is 12.4. The van der Waals surface area contributed by atoms with Crippen LogP contribution in [0, 0.1) is 0 Å². The molecule has 0 fully saturated rings. The summed E-state index contributed by atoms with van der Waals surface area (Å²) in [6.45, 7) is 3.35. The molecule has 3 aromatic carbocycles. The van der Waals surface area contributed by atoms with E-state index in [1.807, 2.05) is 78.7 Å². The van der Waals surface area contributed by atoms with Gasteiger partial charge < -0.3 is 0 Å². The molecule has 0 aliphatic rings. The fourth-order valence-corrected chi connectivity index (χ4v) is 3.16. The number of carbonyl (C=O) groups is 1. The van der Waals surface area contributed by atoms with Crippen LogP contribution >= 0.6 is 0 Å². The van der Waals surface area contributed by atoms with Crippen molar-refractivity contribution in [2.75, 3.05) is 0 Å². The molecule has 0 heterocycles.